The van der Waals surface area contributed by atoms with Crippen LogP contribution in [0.15, 0.2) is 40.3 Å². The monoisotopic (exact) mass is 445 g/mol. The molecule has 5 atom stereocenters. The minimum Gasteiger partial charge on any atom is -0.394 e. The summed E-state index contributed by atoms with van der Waals surface area (Å²) in [5.41, 5.74) is -0.934. The third-order valence-electron chi connectivity index (χ3n) is 5.61. The highest BCUT2D eigenvalue weighted by molar-refractivity contribution is 6.27. The summed E-state index contributed by atoms with van der Waals surface area (Å²) in [6.07, 6.45) is -0.836. The maximum absolute atomic E-state index is 13.3. The van der Waals surface area contributed by atoms with Crippen LogP contribution in [0, 0.1) is 5.41 Å². The van der Waals surface area contributed by atoms with Crippen molar-refractivity contribution in [3.8, 4) is 0 Å². The number of aliphatic hydroxyl groups is 2. The third-order valence-corrected chi connectivity index (χ3v) is 5.61. The normalized spacial score (nSPS) is 30.3. The molecule has 3 aliphatic rings. The molecule has 172 valence electrons. The predicted octanol–water partition coefficient (Wildman–Crippen LogP) is 0.142. The Labute approximate surface area is 185 Å². The van der Waals surface area contributed by atoms with Crippen molar-refractivity contribution in [1.29, 1.82) is 5.41 Å². The van der Waals surface area contributed by atoms with E-state index in [4.69, 9.17) is 19.6 Å². The van der Waals surface area contributed by atoms with E-state index in [1.54, 1.807) is 0 Å². The molecule has 2 unspecified atom stereocenters. The topological polar surface area (TPSA) is 149 Å². The first kappa shape index (κ1) is 22.5. The number of hydrogen-bond donors (Lipinski definition) is 4. The zero-order chi connectivity index (χ0) is 22.7. The molecular weight excluding hydrogens is 418 g/mol. The quantitative estimate of drug-likeness (QED) is 0.312. The molecule has 3 aliphatic heterocycles. The van der Waals surface area contributed by atoms with Gasteiger partial charge in [0.1, 0.15) is 25.2 Å². The van der Waals surface area contributed by atoms with E-state index in [0.717, 1.165) is 6.42 Å². The van der Waals surface area contributed by atoms with Crippen LogP contribution in [-0.2, 0) is 19.0 Å². The lowest BCUT2D eigenvalue weighted by Crippen LogP contribution is -2.62. The molecule has 0 spiro atoms. The van der Waals surface area contributed by atoms with Crippen molar-refractivity contribution < 1.29 is 29.2 Å². The molecule has 32 heavy (non-hydrogen) atoms. The number of amides is 1. The van der Waals surface area contributed by atoms with Crippen LogP contribution in [0.2, 0.25) is 0 Å². The Morgan fingerprint density at radius 2 is 2.19 bits per heavy atom. The van der Waals surface area contributed by atoms with Gasteiger partial charge in [0.2, 0.25) is 11.5 Å². The number of aliphatic hydroxyl groups excluding tert-OH is 2. The van der Waals surface area contributed by atoms with Crippen LogP contribution in [0.25, 0.3) is 0 Å². The molecule has 1 fully saturated rings. The molecule has 1 aromatic rings. The number of hydrogen-bond acceptors (Lipinski definition) is 9. The summed E-state index contributed by atoms with van der Waals surface area (Å²) in [7, 11) is 0. The zero-order valence-electron chi connectivity index (χ0n) is 17.7. The number of nitrogens with one attached hydrogen (secondary N) is 2. The molecule has 0 saturated carbocycles. The first-order valence-corrected chi connectivity index (χ1v) is 10.5. The van der Waals surface area contributed by atoms with E-state index in [2.05, 4.69) is 15.3 Å². The number of guanidine groups is 1. The Kier molecular flexibility index (Phi) is 6.63. The first-order valence-electron chi connectivity index (χ1n) is 10.5. The molecule has 11 nitrogen and oxygen atoms in total. The molecule has 11 heteroatoms. The van der Waals surface area contributed by atoms with Crippen molar-refractivity contribution >= 4 is 24.0 Å². The smallest absolute Gasteiger partial charge is 0.265 e. The van der Waals surface area contributed by atoms with Crippen LogP contribution in [0.5, 0.6) is 0 Å². The number of benzene rings is 1. The summed E-state index contributed by atoms with van der Waals surface area (Å²) < 4.78 is 17.3. The highest BCUT2D eigenvalue weighted by Gasteiger charge is 2.60. The Hall–Kier alpha value is -2.70. The van der Waals surface area contributed by atoms with Gasteiger partial charge in [-0.15, -0.1) is 0 Å². The molecule has 0 aromatic heterocycles. The second kappa shape index (κ2) is 9.43. The van der Waals surface area contributed by atoms with Gasteiger partial charge < -0.3 is 24.4 Å². The molecule has 4 rings (SSSR count). The van der Waals surface area contributed by atoms with E-state index < -0.39 is 36.0 Å². The van der Waals surface area contributed by atoms with Gasteiger partial charge in [0.25, 0.3) is 5.91 Å². The highest BCUT2D eigenvalue weighted by atomic mass is 16.7. The van der Waals surface area contributed by atoms with Crippen molar-refractivity contribution in [2.24, 2.45) is 9.98 Å². The van der Waals surface area contributed by atoms with E-state index in [1.165, 1.54) is 11.2 Å². The summed E-state index contributed by atoms with van der Waals surface area (Å²) in [5, 5.41) is 30.0. The minimum atomic E-state index is -1.62. The van der Waals surface area contributed by atoms with Gasteiger partial charge >= 0.3 is 0 Å². The Morgan fingerprint density at radius 3 is 2.88 bits per heavy atom. The fourth-order valence-electron chi connectivity index (χ4n) is 4.07. The molecule has 3 heterocycles. The van der Waals surface area contributed by atoms with Crippen LogP contribution in [0.4, 0.5) is 0 Å². The lowest BCUT2D eigenvalue weighted by atomic mass is 9.84. The second-order valence-corrected chi connectivity index (χ2v) is 7.75. The van der Waals surface area contributed by atoms with Gasteiger partial charge in [0.15, 0.2) is 5.84 Å². The molecule has 4 N–H and O–H groups in total. The van der Waals surface area contributed by atoms with E-state index in [1.807, 2.05) is 37.3 Å². The standard InChI is InChI=1S/C21H27N5O6/c1-2-8-30-12-31-17(13-6-4-3-5-7-13)21-18(24-20(22)25-19(21)29)26(11-23-21)16-9-14(28)15(10-27)32-16/h3-7,11,14-17,27-28H,2,8-10,12H2,1H3,(H2,22,25,29)/t14-,15+,16+,17?,21?/m0/s1. The maximum Gasteiger partial charge on any atom is 0.265 e. The van der Waals surface area contributed by atoms with Crippen molar-refractivity contribution in [3.63, 3.8) is 0 Å². The van der Waals surface area contributed by atoms with E-state index >= 15 is 0 Å². The van der Waals surface area contributed by atoms with E-state index in [9.17, 15) is 15.0 Å². The number of amidine groups is 1. The number of carbonyl (C=O) groups is 1. The molecule has 0 radical (unpaired) electrons. The number of fused-ring (bicyclic) bond motifs is 1. The molecular formula is C21H27N5O6. The van der Waals surface area contributed by atoms with E-state index in [0.29, 0.717) is 12.2 Å². The first-order chi connectivity index (χ1) is 15.5. The van der Waals surface area contributed by atoms with Crippen LogP contribution in [-0.4, -0.2) is 83.1 Å². The average Bonchev–Trinajstić information content (AvgIpc) is 3.35. The molecule has 0 bridgehead atoms. The van der Waals surface area contributed by atoms with Crippen molar-refractivity contribution in [3.05, 3.63) is 35.9 Å². The molecule has 1 amide bonds. The van der Waals surface area contributed by atoms with E-state index in [-0.39, 0.29) is 31.6 Å². The maximum atomic E-state index is 13.3. The van der Waals surface area contributed by atoms with Crippen LogP contribution < -0.4 is 5.32 Å². The van der Waals surface area contributed by atoms with Gasteiger partial charge in [-0.25, -0.2) is 4.99 Å². The highest BCUT2D eigenvalue weighted by Crippen LogP contribution is 2.41. The summed E-state index contributed by atoms with van der Waals surface area (Å²) in [5.74, 6) is -0.735. The number of ether oxygens (including phenoxy) is 3. The van der Waals surface area contributed by atoms with Crippen LogP contribution >= 0.6 is 0 Å². The third kappa shape index (κ3) is 3.93. The Morgan fingerprint density at radius 1 is 1.41 bits per heavy atom. The zero-order valence-corrected chi connectivity index (χ0v) is 17.7. The predicted molar refractivity (Wildman–Crippen MR) is 114 cm³/mol. The van der Waals surface area contributed by atoms with Gasteiger partial charge in [-0.3, -0.25) is 20.4 Å². The van der Waals surface area contributed by atoms with Crippen molar-refractivity contribution in [1.82, 2.24) is 10.2 Å². The van der Waals surface area contributed by atoms with Crippen molar-refractivity contribution in [2.45, 2.75) is 49.8 Å². The van der Waals surface area contributed by atoms with Crippen LogP contribution in [0.1, 0.15) is 31.4 Å². The van der Waals surface area contributed by atoms with Gasteiger partial charge in [-0.2, -0.15) is 4.99 Å². The number of carbonyl (C=O) groups excluding carboxylic acids is 1. The average molecular weight is 445 g/mol. The number of nitrogens with zero attached hydrogens (tertiary/aromatic N) is 3. The fraction of sp³-hybridized carbons (Fsp3) is 0.524. The summed E-state index contributed by atoms with van der Waals surface area (Å²) in [4.78, 5) is 23.7. The molecule has 1 saturated heterocycles. The Balaban J connectivity index is 1.71. The van der Waals surface area contributed by atoms with Gasteiger partial charge in [-0.05, 0) is 12.0 Å². The summed E-state index contributed by atoms with van der Waals surface area (Å²) in [6.45, 7) is 2.07. The SMILES string of the molecule is CCCOCOC(c1ccccc1)C12N=CN([C@H]3C[C@H](O)[C@@H](CO)O3)C1=NC(=N)NC2=O. The summed E-state index contributed by atoms with van der Waals surface area (Å²) in [6, 6.07) is 9.14. The van der Waals surface area contributed by atoms with Crippen molar-refractivity contribution in [2.75, 3.05) is 20.0 Å². The minimum absolute atomic E-state index is 0.0616. The number of rotatable bonds is 9. The lowest BCUT2D eigenvalue weighted by Gasteiger charge is -2.38. The second-order valence-electron chi connectivity index (χ2n) is 7.75. The Bertz CT molecular complexity index is 909. The summed E-state index contributed by atoms with van der Waals surface area (Å²) >= 11 is 0. The lowest BCUT2D eigenvalue weighted by molar-refractivity contribution is -0.137. The van der Waals surface area contributed by atoms with Gasteiger partial charge in [-0.1, -0.05) is 37.3 Å². The molecule has 0 aliphatic carbocycles. The molecule has 1 aromatic carbocycles. The van der Waals surface area contributed by atoms with Gasteiger partial charge in [0.05, 0.1) is 19.0 Å². The van der Waals surface area contributed by atoms with Gasteiger partial charge in [0, 0.05) is 13.0 Å². The van der Waals surface area contributed by atoms with Crippen LogP contribution in [0.3, 0.4) is 0 Å². The fourth-order valence-corrected chi connectivity index (χ4v) is 4.07. The number of aliphatic imine (C=N–C) groups is 2. The largest absolute Gasteiger partial charge is 0.394 e.